The Labute approximate surface area is 206 Å². The van der Waals surface area contributed by atoms with Crippen LogP contribution in [-0.2, 0) is 10.1 Å². The quantitative estimate of drug-likeness (QED) is 0.357. The number of piperazine rings is 1. The van der Waals surface area contributed by atoms with Crippen molar-refractivity contribution in [2.24, 2.45) is 0 Å². The Hall–Kier alpha value is -3.80. The van der Waals surface area contributed by atoms with Gasteiger partial charge in [0.15, 0.2) is 0 Å². The molecule has 0 aliphatic carbocycles. The summed E-state index contributed by atoms with van der Waals surface area (Å²) in [6, 6.07) is 16.4. The summed E-state index contributed by atoms with van der Waals surface area (Å²) in [5.74, 6) is -1.87. The molecule has 1 aromatic heterocycles. The van der Waals surface area contributed by atoms with Crippen molar-refractivity contribution in [3.63, 3.8) is 0 Å². The van der Waals surface area contributed by atoms with Gasteiger partial charge in [-0.05, 0) is 35.0 Å². The van der Waals surface area contributed by atoms with Gasteiger partial charge in [0, 0.05) is 43.4 Å². The number of pyridine rings is 1. The van der Waals surface area contributed by atoms with Crippen molar-refractivity contribution >= 4 is 43.5 Å². The van der Waals surface area contributed by atoms with Crippen molar-refractivity contribution < 1.29 is 27.3 Å². The van der Waals surface area contributed by atoms with Crippen LogP contribution < -0.4 is 15.6 Å². The van der Waals surface area contributed by atoms with Gasteiger partial charge in [0.2, 0.25) is 5.43 Å². The zero-order chi connectivity index (χ0) is 26.0. The molecular weight excluding hydrogens is 489 g/mol. The van der Waals surface area contributed by atoms with Crippen LogP contribution in [0.1, 0.15) is 10.4 Å². The number of aromatic nitrogens is 1. The second-order valence-corrected chi connectivity index (χ2v) is 9.84. The molecule has 4 aromatic rings. The lowest BCUT2D eigenvalue weighted by atomic mass is 10.1. The highest BCUT2D eigenvalue weighted by atomic mass is 32.2. The standard InChI is InChI=1S/C24H20FN3O3.CH4O3S/c25-20-12-18-21(13-22(20)27-9-7-26-8-10-27)28(14-19(23(18)29)24(30)31)17-6-5-15-3-1-2-4-16(15)11-17;1-5(2,3)4/h1-6,11-14,26H,7-10H2,(H,30,31);1H3,(H,2,3,4). The highest BCUT2D eigenvalue weighted by molar-refractivity contribution is 7.85. The molecule has 1 fully saturated rings. The van der Waals surface area contributed by atoms with Crippen molar-refractivity contribution in [2.75, 3.05) is 37.3 Å². The summed E-state index contributed by atoms with van der Waals surface area (Å²) in [7, 11) is -3.67. The number of carboxylic acids is 1. The van der Waals surface area contributed by atoms with Crippen LogP contribution in [0.15, 0.2) is 65.6 Å². The number of carbonyl (C=O) groups is 1. The van der Waals surface area contributed by atoms with Crippen LogP contribution in [0.2, 0.25) is 0 Å². The number of nitrogens with zero attached hydrogens (tertiary/aromatic N) is 2. The SMILES string of the molecule is CS(=O)(=O)O.O=C(O)c1cn(-c2ccc3ccccc3c2)c2cc(N3CCNCC3)c(F)cc2c1=O. The van der Waals surface area contributed by atoms with Gasteiger partial charge in [-0.15, -0.1) is 0 Å². The predicted molar refractivity (Wildman–Crippen MR) is 137 cm³/mol. The normalized spacial score (nSPS) is 13.9. The maximum atomic E-state index is 15.0. The van der Waals surface area contributed by atoms with E-state index in [-0.39, 0.29) is 5.39 Å². The summed E-state index contributed by atoms with van der Waals surface area (Å²) < 4.78 is 42.5. The second-order valence-electron chi connectivity index (χ2n) is 8.37. The van der Waals surface area contributed by atoms with E-state index >= 15 is 4.39 Å². The molecule has 0 atom stereocenters. The van der Waals surface area contributed by atoms with E-state index in [0.29, 0.717) is 36.2 Å². The van der Waals surface area contributed by atoms with Crippen molar-refractivity contribution in [3.8, 4) is 5.69 Å². The van der Waals surface area contributed by atoms with Crippen molar-refractivity contribution in [3.05, 3.63) is 82.4 Å². The number of hydrogen-bond acceptors (Lipinski definition) is 6. The Morgan fingerprint density at radius 1 is 1.03 bits per heavy atom. The minimum atomic E-state index is -3.67. The van der Waals surface area contributed by atoms with Gasteiger partial charge >= 0.3 is 5.97 Å². The molecule has 0 bridgehead atoms. The topological polar surface area (TPSA) is 129 Å². The zero-order valence-electron chi connectivity index (χ0n) is 19.3. The Morgan fingerprint density at radius 3 is 2.31 bits per heavy atom. The van der Waals surface area contributed by atoms with Crippen LogP contribution in [0.25, 0.3) is 27.4 Å². The molecule has 11 heteroatoms. The second kappa shape index (κ2) is 10.1. The third-order valence-corrected chi connectivity index (χ3v) is 5.77. The smallest absolute Gasteiger partial charge is 0.341 e. The van der Waals surface area contributed by atoms with E-state index in [1.54, 1.807) is 10.6 Å². The van der Waals surface area contributed by atoms with E-state index in [1.807, 2.05) is 47.4 Å². The third kappa shape index (κ3) is 5.54. The molecule has 188 valence electrons. The number of rotatable bonds is 3. The largest absolute Gasteiger partial charge is 0.477 e. The minimum absolute atomic E-state index is 0.0458. The molecule has 0 amide bonds. The van der Waals surface area contributed by atoms with Gasteiger partial charge in [-0.1, -0.05) is 30.3 Å². The maximum Gasteiger partial charge on any atom is 0.341 e. The van der Waals surface area contributed by atoms with Crippen LogP contribution in [0.3, 0.4) is 0 Å². The molecule has 5 rings (SSSR count). The van der Waals surface area contributed by atoms with E-state index in [2.05, 4.69) is 5.32 Å². The average molecular weight is 514 g/mol. The van der Waals surface area contributed by atoms with Gasteiger partial charge in [0.25, 0.3) is 10.1 Å². The fourth-order valence-electron chi connectivity index (χ4n) is 4.17. The van der Waals surface area contributed by atoms with Gasteiger partial charge in [-0.25, -0.2) is 9.18 Å². The molecule has 9 nitrogen and oxygen atoms in total. The molecule has 0 saturated carbocycles. The molecule has 36 heavy (non-hydrogen) atoms. The number of nitrogens with one attached hydrogen (secondary N) is 1. The zero-order valence-corrected chi connectivity index (χ0v) is 20.1. The van der Waals surface area contributed by atoms with E-state index in [1.165, 1.54) is 12.3 Å². The molecule has 3 aromatic carbocycles. The molecule has 0 unspecified atom stereocenters. The molecule has 1 aliphatic heterocycles. The Morgan fingerprint density at radius 2 is 1.67 bits per heavy atom. The molecule has 0 radical (unpaired) electrons. The number of benzene rings is 3. The maximum absolute atomic E-state index is 15.0. The number of carboxylic acid groups (broad SMARTS) is 1. The number of halogens is 1. The van der Waals surface area contributed by atoms with Gasteiger partial charge in [-0.2, -0.15) is 8.42 Å². The summed E-state index contributed by atoms with van der Waals surface area (Å²) in [6.07, 6.45) is 2.05. The summed E-state index contributed by atoms with van der Waals surface area (Å²) >= 11 is 0. The molecule has 2 heterocycles. The average Bonchev–Trinajstić information content (AvgIpc) is 2.83. The first kappa shape index (κ1) is 25.3. The van der Waals surface area contributed by atoms with Crippen LogP contribution in [-0.4, -0.2) is 61.0 Å². The number of anilines is 1. The van der Waals surface area contributed by atoms with Gasteiger partial charge in [0.05, 0.1) is 17.5 Å². The van der Waals surface area contributed by atoms with Crippen LogP contribution in [0.4, 0.5) is 10.1 Å². The molecule has 1 aliphatic rings. The third-order valence-electron chi connectivity index (χ3n) is 5.77. The first-order valence-corrected chi connectivity index (χ1v) is 12.9. The monoisotopic (exact) mass is 513 g/mol. The van der Waals surface area contributed by atoms with E-state index in [0.717, 1.165) is 23.9 Å². The summed E-state index contributed by atoms with van der Waals surface area (Å²) in [5, 5.41) is 14.9. The lowest BCUT2D eigenvalue weighted by Gasteiger charge is -2.30. The highest BCUT2D eigenvalue weighted by Crippen LogP contribution is 2.28. The van der Waals surface area contributed by atoms with Gasteiger partial charge in [0.1, 0.15) is 11.4 Å². The fourth-order valence-corrected chi connectivity index (χ4v) is 4.17. The molecule has 0 spiro atoms. The first-order valence-electron chi connectivity index (χ1n) is 11.0. The van der Waals surface area contributed by atoms with Crippen molar-refractivity contribution in [2.45, 2.75) is 0 Å². The molecular formula is C25H24FN3O6S. The van der Waals surface area contributed by atoms with Gasteiger partial charge in [-0.3, -0.25) is 9.35 Å². The summed E-state index contributed by atoms with van der Waals surface area (Å²) in [5.41, 5.74) is 0.496. The summed E-state index contributed by atoms with van der Waals surface area (Å²) in [6.45, 7) is 2.78. The first-order chi connectivity index (χ1) is 17.0. The Balaban J connectivity index is 0.000000556. The number of hydrogen-bond donors (Lipinski definition) is 3. The number of fused-ring (bicyclic) bond motifs is 2. The summed E-state index contributed by atoms with van der Waals surface area (Å²) in [4.78, 5) is 26.5. The number of aromatic carboxylic acids is 1. The van der Waals surface area contributed by atoms with E-state index < -0.39 is 32.9 Å². The van der Waals surface area contributed by atoms with Crippen molar-refractivity contribution in [1.29, 1.82) is 0 Å². The minimum Gasteiger partial charge on any atom is -0.477 e. The van der Waals surface area contributed by atoms with Gasteiger partial charge < -0.3 is 19.9 Å². The van der Waals surface area contributed by atoms with Crippen LogP contribution in [0, 0.1) is 5.82 Å². The Kier molecular flexibility index (Phi) is 7.07. The Bertz CT molecular complexity index is 1620. The van der Waals surface area contributed by atoms with E-state index in [4.69, 9.17) is 4.55 Å². The highest BCUT2D eigenvalue weighted by Gasteiger charge is 2.21. The predicted octanol–water partition coefficient (Wildman–Crippen LogP) is 2.89. The van der Waals surface area contributed by atoms with Crippen LogP contribution in [0.5, 0.6) is 0 Å². The lowest BCUT2D eigenvalue weighted by Crippen LogP contribution is -2.43. The fraction of sp³-hybridized carbons (Fsp3) is 0.200. The van der Waals surface area contributed by atoms with Crippen LogP contribution >= 0.6 is 0 Å². The van der Waals surface area contributed by atoms with Crippen molar-refractivity contribution in [1.82, 2.24) is 9.88 Å². The molecule has 3 N–H and O–H groups in total. The lowest BCUT2D eigenvalue weighted by molar-refractivity contribution is 0.0695. The molecule has 1 saturated heterocycles. The van der Waals surface area contributed by atoms with E-state index in [9.17, 15) is 23.1 Å².